The highest BCUT2D eigenvalue weighted by atomic mass is 16.5. The van der Waals surface area contributed by atoms with Crippen LogP contribution in [0.1, 0.15) is 25.5 Å². The summed E-state index contributed by atoms with van der Waals surface area (Å²) in [6, 6.07) is 1.22. The number of carboxylic acid groups (broad SMARTS) is 1. The summed E-state index contributed by atoms with van der Waals surface area (Å²) in [7, 11) is 0. The van der Waals surface area contributed by atoms with Crippen LogP contribution in [0.15, 0.2) is 10.6 Å². The number of aromatic nitrogens is 1. The molecular weight excluding hydrogens is 174 g/mol. The predicted octanol–water partition coefficient (Wildman–Crippen LogP) is 1.20. The minimum absolute atomic E-state index is 0.107. The highest BCUT2D eigenvalue weighted by Crippen LogP contribution is 2.26. The highest BCUT2D eigenvalue weighted by molar-refractivity contribution is 5.75. The van der Waals surface area contributed by atoms with Gasteiger partial charge in [0.2, 0.25) is 0 Å². The van der Waals surface area contributed by atoms with E-state index < -0.39 is 11.9 Å². The van der Waals surface area contributed by atoms with Gasteiger partial charge in [0.1, 0.15) is 5.92 Å². The zero-order chi connectivity index (χ0) is 10.0. The van der Waals surface area contributed by atoms with Crippen LogP contribution in [-0.4, -0.2) is 21.3 Å². The lowest BCUT2D eigenvalue weighted by Crippen LogP contribution is -2.16. The largest absolute Gasteiger partial charge is 0.491 e. The van der Waals surface area contributed by atoms with Gasteiger partial charge in [0, 0.05) is 6.07 Å². The van der Waals surface area contributed by atoms with Crippen molar-refractivity contribution < 1.29 is 19.5 Å². The maximum Gasteiger partial charge on any atom is 0.314 e. The molecule has 13 heavy (non-hydrogen) atoms. The zero-order valence-corrected chi connectivity index (χ0v) is 7.39. The van der Waals surface area contributed by atoms with E-state index in [4.69, 9.17) is 10.2 Å². The van der Waals surface area contributed by atoms with Crippen molar-refractivity contribution in [2.45, 2.75) is 19.8 Å². The number of carboxylic acids is 1. The summed E-state index contributed by atoms with van der Waals surface area (Å²) in [6.07, 6.45) is 0. The molecule has 0 saturated heterocycles. The molecule has 0 bridgehead atoms. The van der Waals surface area contributed by atoms with Crippen LogP contribution in [0.3, 0.4) is 0 Å². The normalized spacial score (nSPS) is 13.2. The quantitative estimate of drug-likeness (QED) is 0.739. The molecule has 0 radical (unpaired) electrons. The van der Waals surface area contributed by atoms with Gasteiger partial charge in [-0.3, -0.25) is 4.79 Å². The van der Waals surface area contributed by atoms with Gasteiger partial charge in [-0.15, -0.1) is 0 Å². The highest BCUT2D eigenvalue weighted by Gasteiger charge is 2.27. The third kappa shape index (κ3) is 1.99. The Balaban J connectivity index is 2.95. The van der Waals surface area contributed by atoms with E-state index in [1.54, 1.807) is 13.8 Å². The molecule has 5 heteroatoms. The lowest BCUT2D eigenvalue weighted by molar-refractivity contribution is -0.140. The van der Waals surface area contributed by atoms with Gasteiger partial charge in [-0.1, -0.05) is 13.8 Å². The van der Waals surface area contributed by atoms with Crippen LogP contribution in [0.5, 0.6) is 5.88 Å². The van der Waals surface area contributed by atoms with Crippen molar-refractivity contribution in [1.29, 1.82) is 0 Å². The van der Waals surface area contributed by atoms with Crippen molar-refractivity contribution in [2.75, 3.05) is 0 Å². The number of aliphatic carboxylic acids is 1. The third-order valence-electron chi connectivity index (χ3n) is 1.76. The topological polar surface area (TPSA) is 83.6 Å². The Morgan fingerprint density at radius 3 is 2.54 bits per heavy atom. The standard InChI is InChI=1S/C8H11NO4/c1-4(2)7(8(11)12)5-3-6(10)9-13-5/h3-4,7H,1-2H3,(H,9,10)(H,11,12)/t7-/m1/s1. The SMILES string of the molecule is CC(C)[C@@H](C(=O)O)c1cc(O)no1. The molecule has 0 aliphatic rings. The molecular formula is C8H11NO4. The molecule has 0 saturated carbocycles. The number of nitrogens with zero attached hydrogens (tertiary/aromatic N) is 1. The van der Waals surface area contributed by atoms with Gasteiger partial charge in [0.05, 0.1) is 0 Å². The smallest absolute Gasteiger partial charge is 0.314 e. The monoisotopic (exact) mass is 185 g/mol. The van der Waals surface area contributed by atoms with Gasteiger partial charge < -0.3 is 14.7 Å². The summed E-state index contributed by atoms with van der Waals surface area (Å²) in [5.41, 5.74) is 0. The van der Waals surface area contributed by atoms with E-state index in [0.29, 0.717) is 0 Å². The van der Waals surface area contributed by atoms with E-state index in [-0.39, 0.29) is 17.6 Å². The van der Waals surface area contributed by atoms with Crippen LogP contribution in [0.25, 0.3) is 0 Å². The lowest BCUT2D eigenvalue weighted by Gasteiger charge is -2.11. The van der Waals surface area contributed by atoms with Gasteiger partial charge in [0.15, 0.2) is 5.76 Å². The van der Waals surface area contributed by atoms with Crippen molar-refractivity contribution in [1.82, 2.24) is 5.16 Å². The van der Waals surface area contributed by atoms with E-state index in [2.05, 4.69) is 9.68 Å². The van der Waals surface area contributed by atoms with Gasteiger partial charge in [-0.25, -0.2) is 0 Å². The van der Waals surface area contributed by atoms with Crippen molar-refractivity contribution in [3.8, 4) is 5.88 Å². The molecule has 0 aliphatic carbocycles. The maximum atomic E-state index is 10.8. The summed E-state index contributed by atoms with van der Waals surface area (Å²) in [5, 5.41) is 20.9. The molecule has 0 aliphatic heterocycles. The summed E-state index contributed by atoms with van der Waals surface area (Å²) in [4.78, 5) is 10.8. The van der Waals surface area contributed by atoms with Crippen LogP contribution in [0.2, 0.25) is 0 Å². The Bertz CT molecular complexity index is 305. The van der Waals surface area contributed by atoms with Crippen LogP contribution >= 0.6 is 0 Å². The Morgan fingerprint density at radius 1 is 1.62 bits per heavy atom. The third-order valence-corrected chi connectivity index (χ3v) is 1.76. The number of carbonyl (C=O) groups is 1. The summed E-state index contributed by atoms with van der Waals surface area (Å²) in [6.45, 7) is 3.52. The Labute approximate surface area is 75.0 Å². The molecule has 0 fully saturated rings. The first-order valence-corrected chi connectivity index (χ1v) is 3.90. The first kappa shape index (κ1) is 9.57. The fourth-order valence-electron chi connectivity index (χ4n) is 1.16. The molecule has 0 aromatic carbocycles. The minimum atomic E-state index is -0.980. The fourth-order valence-corrected chi connectivity index (χ4v) is 1.16. The van der Waals surface area contributed by atoms with Crippen molar-refractivity contribution in [3.63, 3.8) is 0 Å². The molecule has 1 rings (SSSR count). The second kappa shape index (κ2) is 3.47. The average molecular weight is 185 g/mol. The number of hydrogen-bond acceptors (Lipinski definition) is 4. The maximum absolute atomic E-state index is 10.8. The summed E-state index contributed by atoms with van der Waals surface area (Å²) < 4.78 is 4.67. The van der Waals surface area contributed by atoms with Gasteiger partial charge >= 0.3 is 5.97 Å². The molecule has 1 aromatic heterocycles. The predicted molar refractivity (Wildman–Crippen MR) is 43.4 cm³/mol. The molecule has 72 valence electrons. The van der Waals surface area contributed by atoms with E-state index in [1.165, 1.54) is 6.07 Å². The van der Waals surface area contributed by atoms with E-state index in [0.717, 1.165) is 0 Å². The molecule has 0 amide bonds. The van der Waals surface area contributed by atoms with E-state index in [1.807, 2.05) is 0 Å². The first-order chi connectivity index (χ1) is 6.02. The second-order valence-electron chi connectivity index (χ2n) is 3.15. The van der Waals surface area contributed by atoms with E-state index in [9.17, 15) is 4.79 Å². The van der Waals surface area contributed by atoms with Crippen molar-refractivity contribution >= 4 is 5.97 Å². The molecule has 5 nitrogen and oxygen atoms in total. The number of rotatable bonds is 3. The fraction of sp³-hybridized carbons (Fsp3) is 0.500. The molecule has 1 heterocycles. The van der Waals surface area contributed by atoms with Crippen LogP contribution < -0.4 is 0 Å². The Hall–Kier alpha value is -1.52. The number of aromatic hydroxyl groups is 1. The van der Waals surface area contributed by atoms with Crippen LogP contribution in [0.4, 0.5) is 0 Å². The molecule has 0 spiro atoms. The number of hydrogen-bond donors (Lipinski definition) is 2. The Kier molecular flexibility index (Phi) is 2.55. The zero-order valence-electron chi connectivity index (χ0n) is 7.39. The van der Waals surface area contributed by atoms with Crippen LogP contribution in [-0.2, 0) is 4.79 Å². The molecule has 0 unspecified atom stereocenters. The second-order valence-corrected chi connectivity index (χ2v) is 3.15. The van der Waals surface area contributed by atoms with Gasteiger partial charge in [-0.2, -0.15) is 0 Å². The van der Waals surface area contributed by atoms with Crippen molar-refractivity contribution in [3.05, 3.63) is 11.8 Å². The summed E-state index contributed by atoms with van der Waals surface area (Å²) in [5.74, 6) is -1.95. The Morgan fingerprint density at radius 2 is 2.23 bits per heavy atom. The molecule has 2 N–H and O–H groups in total. The minimum Gasteiger partial charge on any atom is -0.491 e. The molecule has 1 aromatic rings. The van der Waals surface area contributed by atoms with Gasteiger partial charge in [0.25, 0.3) is 5.88 Å². The molecule has 1 atom stereocenters. The van der Waals surface area contributed by atoms with Crippen molar-refractivity contribution in [2.24, 2.45) is 5.92 Å². The summed E-state index contributed by atoms with van der Waals surface area (Å²) >= 11 is 0. The van der Waals surface area contributed by atoms with Crippen LogP contribution in [0, 0.1) is 5.92 Å². The average Bonchev–Trinajstić information content (AvgIpc) is 2.34. The first-order valence-electron chi connectivity index (χ1n) is 3.90. The lowest BCUT2D eigenvalue weighted by atomic mass is 9.94. The van der Waals surface area contributed by atoms with E-state index >= 15 is 0 Å². The van der Waals surface area contributed by atoms with Gasteiger partial charge in [-0.05, 0) is 11.1 Å².